The smallest absolute Gasteiger partial charge is 0.0281 e. The minimum absolute atomic E-state index is 0.304. The van der Waals surface area contributed by atoms with Gasteiger partial charge in [-0.2, -0.15) is 0 Å². The molecule has 1 rings (SSSR count). The van der Waals surface area contributed by atoms with Crippen LogP contribution in [0.15, 0.2) is 0 Å². The molecule has 0 amide bonds. The fraction of sp³-hybridized carbons (Fsp3) is 1.00. The highest BCUT2D eigenvalue weighted by molar-refractivity contribution is 4.95. The number of nitrogens with zero attached hydrogens (tertiary/aromatic N) is 1. The van der Waals surface area contributed by atoms with Crippen molar-refractivity contribution >= 4 is 0 Å². The SMILES string of the molecule is CCC(C)C1CN(C(C)C)C(C)(C)CN1. The van der Waals surface area contributed by atoms with E-state index in [0.717, 1.165) is 12.5 Å². The standard InChI is InChI=1S/C13H28N2/c1-7-11(4)12-8-15(10(2)3)13(5,6)9-14-12/h10-12,14H,7-9H2,1-6H3. The van der Waals surface area contributed by atoms with Crippen LogP contribution >= 0.6 is 0 Å². The molecular formula is C13H28N2. The van der Waals surface area contributed by atoms with Crippen molar-refractivity contribution in [2.45, 2.75) is 65.6 Å². The summed E-state index contributed by atoms with van der Waals surface area (Å²) in [5.74, 6) is 0.780. The Morgan fingerprint density at radius 1 is 1.33 bits per heavy atom. The summed E-state index contributed by atoms with van der Waals surface area (Å²) in [5.41, 5.74) is 0.304. The van der Waals surface area contributed by atoms with Gasteiger partial charge in [-0.25, -0.2) is 0 Å². The lowest BCUT2D eigenvalue weighted by Gasteiger charge is -2.49. The van der Waals surface area contributed by atoms with Crippen molar-refractivity contribution in [2.75, 3.05) is 13.1 Å². The van der Waals surface area contributed by atoms with E-state index in [0.29, 0.717) is 17.6 Å². The third-order valence-electron chi connectivity index (χ3n) is 3.92. The second kappa shape index (κ2) is 4.84. The van der Waals surface area contributed by atoms with Crippen LogP contribution in [-0.2, 0) is 0 Å². The van der Waals surface area contributed by atoms with Crippen molar-refractivity contribution in [1.29, 1.82) is 0 Å². The van der Waals surface area contributed by atoms with Gasteiger partial charge in [-0.1, -0.05) is 20.3 Å². The predicted molar refractivity (Wildman–Crippen MR) is 67.2 cm³/mol. The summed E-state index contributed by atoms with van der Waals surface area (Å²) >= 11 is 0. The van der Waals surface area contributed by atoms with Gasteiger partial charge in [0.15, 0.2) is 0 Å². The van der Waals surface area contributed by atoms with Gasteiger partial charge in [0.2, 0.25) is 0 Å². The zero-order valence-electron chi connectivity index (χ0n) is 11.3. The molecule has 0 spiro atoms. The fourth-order valence-corrected chi connectivity index (χ4v) is 2.58. The molecule has 1 heterocycles. The number of nitrogens with one attached hydrogen (secondary N) is 1. The molecule has 1 aliphatic rings. The van der Waals surface area contributed by atoms with Gasteiger partial charge in [-0.15, -0.1) is 0 Å². The van der Waals surface area contributed by atoms with Gasteiger partial charge in [0, 0.05) is 30.7 Å². The highest BCUT2D eigenvalue weighted by Gasteiger charge is 2.36. The molecule has 2 atom stereocenters. The van der Waals surface area contributed by atoms with Crippen LogP contribution in [0.25, 0.3) is 0 Å². The second-order valence-corrected chi connectivity index (χ2v) is 5.93. The van der Waals surface area contributed by atoms with Gasteiger partial charge < -0.3 is 5.32 Å². The minimum Gasteiger partial charge on any atom is -0.311 e. The van der Waals surface area contributed by atoms with E-state index >= 15 is 0 Å². The van der Waals surface area contributed by atoms with Crippen molar-refractivity contribution in [3.05, 3.63) is 0 Å². The Bertz CT molecular complexity index is 199. The molecule has 0 aromatic heterocycles. The molecule has 0 aromatic rings. The van der Waals surface area contributed by atoms with Crippen LogP contribution in [0.3, 0.4) is 0 Å². The molecule has 1 saturated heterocycles. The molecule has 1 N–H and O–H groups in total. The Hall–Kier alpha value is -0.0800. The molecule has 90 valence electrons. The van der Waals surface area contributed by atoms with Gasteiger partial charge in [0.05, 0.1) is 0 Å². The first-order chi connectivity index (χ1) is 6.88. The average molecular weight is 212 g/mol. The summed E-state index contributed by atoms with van der Waals surface area (Å²) in [4.78, 5) is 2.64. The van der Waals surface area contributed by atoms with Crippen molar-refractivity contribution in [2.24, 2.45) is 5.92 Å². The van der Waals surface area contributed by atoms with Crippen LogP contribution in [0.2, 0.25) is 0 Å². The first-order valence-electron chi connectivity index (χ1n) is 6.38. The van der Waals surface area contributed by atoms with Crippen molar-refractivity contribution in [1.82, 2.24) is 10.2 Å². The maximum atomic E-state index is 3.70. The molecule has 0 aromatic carbocycles. The summed E-state index contributed by atoms with van der Waals surface area (Å²) in [6, 6.07) is 1.32. The van der Waals surface area contributed by atoms with Crippen LogP contribution < -0.4 is 5.32 Å². The summed E-state index contributed by atoms with van der Waals surface area (Å²) in [6.07, 6.45) is 1.27. The van der Waals surface area contributed by atoms with Gasteiger partial charge in [0.1, 0.15) is 0 Å². The van der Waals surface area contributed by atoms with Crippen molar-refractivity contribution < 1.29 is 0 Å². The maximum Gasteiger partial charge on any atom is 0.0281 e. The highest BCUT2D eigenvalue weighted by Crippen LogP contribution is 2.24. The van der Waals surface area contributed by atoms with E-state index in [1.807, 2.05) is 0 Å². The van der Waals surface area contributed by atoms with Crippen molar-refractivity contribution in [3.8, 4) is 0 Å². The molecule has 0 saturated carbocycles. The molecular weight excluding hydrogens is 184 g/mol. The third-order valence-corrected chi connectivity index (χ3v) is 3.92. The summed E-state index contributed by atoms with van der Waals surface area (Å²) in [5, 5.41) is 3.70. The van der Waals surface area contributed by atoms with Gasteiger partial charge in [-0.05, 0) is 33.6 Å². The van der Waals surface area contributed by atoms with E-state index < -0.39 is 0 Å². The summed E-state index contributed by atoms with van der Waals surface area (Å²) in [7, 11) is 0. The van der Waals surface area contributed by atoms with Gasteiger partial charge in [-0.3, -0.25) is 4.90 Å². The van der Waals surface area contributed by atoms with E-state index in [4.69, 9.17) is 0 Å². The normalized spacial score (nSPS) is 29.4. The van der Waals surface area contributed by atoms with E-state index in [1.165, 1.54) is 13.0 Å². The molecule has 1 fully saturated rings. The van der Waals surface area contributed by atoms with E-state index in [2.05, 4.69) is 51.8 Å². The highest BCUT2D eigenvalue weighted by atomic mass is 15.3. The zero-order chi connectivity index (χ0) is 11.6. The van der Waals surface area contributed by atoms with E-state index in [1.54, 1.807) is 0 Å². The lowest BCUT2D eigenvalue weighted by molar-refractivity contribution is 0.0259. The fourth-order valence-electron chi connectivity index (χ4n) is 2.58. The zero-order valence-corrected chi connectivity index (χ0v) is 11.3. The first-order valence-corrected chi connectivity index (χ1v) is 6.38. The van der Waals surface area contributed by atoms with Crippen LogP contribution in [0.1, 0.15) is 48.0 Å². The number of hydrogen-bond donors (Lipinski definition) is 1. The van der Waals surface area contributed by atoms with Crippen LogP contribution in [0, 0.1) is 5.92 Å². The lowest BCUT2D eigenvalue weighted by atomic mass is 9.90. The molecule has 0 aliphatic carbocycles. The quantitative estimate of drug-likeness (QED) is 0.773. The Balaban J connectivity index is 2.66. The molecule has 15 heavy (non-hydrogen) atoms. The molecule has 2 heteroatoms. The van der Waals surface area contributed by atoms with E-state index in [9.17, 15) is 0 Å². The monoisotopic (exact) mass is 212 g/mol. The topological polar surface area (TPSA) is 15.3 Å². The largest absolute Gasteiger partial charge is 0.311 e. The van der Waals surface area contributed by atoms with Crippen LogP contribution in [-0.4, -0.2) is 35.6 Å². The van der Waals surface area contributed by atoms with Crippen LogP contribution in [0.4, 0.5) is 0 Å². The minimum atomic E-state index is 0.304. The third kappa shape index (κ3) is 2.94. The number of hydrogen-bond acceptors (Lipinski definition) is 2. The Morgan fingerprint density at radius 2 is 1.93 bits per heavy atom. The first kappa shape index (κ1) is 13.0. The van der Waals surface area contributed by atoms with E-state index in [-0.39, 0.29) is 0 Å². The molecule has 2 nitrogen and oxygen atoms in total. The van der Waals surface area contributed by atoms with Gasteiger partial charge in [0.25, 0.3) is 0 Å². The molecule has 0 radical (unpaired) electrons. The molecule has 2 unspecified atom stereocenters. The Morgan fingerprint density at radius 3 is 2.40 bits per heavy atom. The lowest BCUT2D eigenvalue weighted by Crippen LogP contribution is -2.64. The molecule has 0 bridgehead atoms. The second-order valence-electron chi connectivity index (χ2n) is 5.93. The summed E-state index contributed by atoms with van der Waals surface area (Å²) in [6.45, 7) is 16.2. The predicted octanol–water partition coefficient (Wildman–Crippen LogP) is 2.49. The Kier molecular flexibility index (Phi) is 4.19. The summed E-state index contributed by atoms with van der Waals surface area (Å²) < 4.78 is 0. The maximum absolute atomic E-state index is 3.70. The Labute approximate surface area is 95.4 Å². The van der Waals surface area contributed by atoms with Gasteiger partial charge >= 0.3 is 0 Å². The average Bonchev–Trinajstić information content (AvgIpc) is 2.15. The number of piperazine rings is 1. The number of rotatable bonds is 3. The molecule has 1 aliphatic heterocycles. The van der Waals surface area contributed by atoms with Crippen molar-refractivity contribution in [3.63, 3.8) is 0 Å². The van der Waals surface area contributed by atoms with Crippen LogP contribution in [0.5, 0.6) is 0 Å².